The predicted molar refractivity (Wildman–Crippen MR) is 97.3 cm³/mol. The molecule has 0 unspecified atom stereocenters. The summed E-state index contributed by atoms with van der Waals surface area (Å²) >= 11 is 3.20. The number of ether oxygens (including phenoxy) is 1. The van der Waals surface area contributed by atoms with Gasteiger partial charge in [-0.05, 0) is 47.2 Å². The van der Waals surface area contributed by atoms with Crippen molar-refractivity contribution in [3.05, 3.63) is 59.3 Å². The van der Waals surface area contributed by atoms with Crippen LogP contribution in [0.15, 0.2) is 63.7 Å². The second-order valence-electron chi connectivity index (χ2n) is 4.94. The highest BCUT2D eigenvalue weighted by atomic mass is 32.1. The molecule has 4 nitrogen and oxygen atoms in total. The highest BCUT2D eigenvalue weighted by Crippen LogP contribution is 2.31. The minimum Gasteiger partial charge on any atom is -0.497 e. The zero-order valence-electron chi connectivity index (χ0n) is 12.8. The lowest BCUT2D eigenvalue weighted by atomic mass is 10.2. The molecule has 0 radical (unpaired) electrons. The van der Waals surface area contributed by atoms with Crippen LogP contribution in [-0.4, -0.2) is 17.1 Å². The van der Waals surface area contributed by atoms with Gasteiger partial charge in [0.1, 0.15) is 11.3 Å². The molecule has 0 spiro atoms. The normalized spacial score (nSPS) is 10.7. The number of nitrogens with zero attached hydrogens (tertiary/aromatic N) is 2. The predicted octanol–water partition coefficient (Wildman–Crippen LogP) is 5.48. The van der Waals surface area contributed by atoms with Crippen LogP contribution in [-0.2, 0) is 0 Å². The van der Waals surface area contributed by atoms with Gasteiger partial charge in [-0.3, -0.25) is 0 Å². The van der Waals surface area contributed by atoms with E-state index in [1.54, 1.807) is 29.8 Å². The van der Waals surface area contributed by atoms with E-state index in [1.165, 1.54) is 0 Å². The maximum absolute atomic E-state index is 5.97. The summed E-state index contributed by atoms with van der Waals surface area (Å²) in [6.07, 6.45) is 0. The van der Waals surface area contributed by atoms with Crippen molar-refractivity contribution in [2.45, 2.75) is 0 Å². The van der Waals surface area contributed by atoms with E-state index < -0.39 is 0 Å². The molecule has 0 saturated heterocycles. The van der Waals surface area contributed by atoms with Gasteiger partial charge < -0.3 is 4.74 Å². The molecule has 0 fully saturated rings. The number of thiophene rings is 2. The van der Waals surface area contributed by atoms with Crippen LogP contribution in [0.3, 0.4) is 0 Å². The Morgan fingerprint density at radius 2 is 1.50 bits per heavy atom. The van der Waals surface area contributed by atoms with Crippen molar-refractivity contribution in [1.82, 2.24) is 9.97 Å². The fourth-order valence-electron chi connectivity index (χ4n) is 2.23. The molecular formula is C18H13N2O2S2+. The van der Waals surface area contributed by atoms with Crippen LogP contribution in [0.25, 0.3) is 32.9 Å². The largest absolute Gasteiger partial charge is 0.497 e. The Morgan fingerprint density at radius 3 is 2.12 bits per heavy atom. The van der Waals surface area contributed by atoms with E-state index in [2.05, 4.69) is 9.97 Å². The highest BCUT2D eigenvalue weighted by Gasteiger charge is 2.25. The quantitative estimate of drug-likeness (QED) is 0.456. The highest BCUT2D eigenvalue weighted by molar-refractivity contribution is 7.13. The molecule has 3 heterocycles. The van der Waals surface area contributed by atoms with E-state index in [9.17, 15) is 0 Å². The number of hydrogen-bond donors (Lipinski definition) is 0. The molecule has 3 aromatic heterocycles. The van der Waals surface area contributed by atoms with E-state index in [0.717, 1.165) is 21.1 Å². The van der Waals surface area contributed by atoms with E-state index in [4.69, 9.17) is 9.15 Å². The molecule has 0 N–H and O–H groups in total. The summed E-state index contributed by atoms with van der Waals surface area (Å²) in [6, 6.07) is 15.6. The maximum atomic E-state index is 5.97. The van der Waals surface area contributed by atoms with Crippen molar-refractivity contribution in [2.75, 3.05) is 7.11 Å². The molecule has 24 heavy (non-hydrogen) atoms. The van der Waals surface area contributed by atoms with Gasteiger partial charge in [0.2, 0.25) is 0 Å². The van der Waals surface area contributed by atoms with Crippen molar-refractivity contribution in [1.29, 1.82) is 0 Å². The third-order valence-corrected chi connectivity index (χ3v) is 5.14. The number of hydrogen-bond acceptors (Lipinski definition) is 5. The third-order valence-electron chi connectivity index (χ3n) is 3.42. The van der Waals surface area contributed by atoms with Crippen molar-refractivity contribution in [3.8, 4) is 38.7 Å². The minimum absolute atomic E-state index is 0.541. The van der Waals surface area contributed by atoms with E-state index in [1.807, 2.05) is 59.3 Å². The second kappa shape index (κ2) is 6.51. The SMILES string of the molecule is COc1ccc(-c2nc(-c3cccs3)nc(-c3cccs3)[o+]2)cc1. The van der Waals surface area contributed by atoms with Gasteiger partial charge in [0.15, 0.2) is 10.7 Å². The minimum atomic E-state index is 0.541. The Bertz CT molecular complexity index is 881. The van der Waals surface area contributed by atoms with Crippen molar-refractivity contribution >= 4 is 22.7 Å². The average Bonchev–Trinajstić information content (AvgIpc) is 3.35. The Labute approximate surface area is 147 Å². The second-order valence-corrected chi connectivity index (χ2v) is 6.84. The van der Waals surface area contributed by atoms with Crippen LogP contribution in [0.4, 0.5) is 0 Å². The summed E-state index contributed by atoms with van der Waals surface area (Å²) in [5.74, 6) is 2.59. The van der Waals surface area contributed by atoms with Gasteiger partial charge in [-0.25, -0.2) is 0 Å². The van der Waals surface area contributed by atoms with E-state index in [-0.39, 0.29) is 0 Å². The standard InChI is InChI=1S/C18H13N2O2S2/c1-21-13-8-6-12(7-9-13)17-19-16(14-4-2-10-23-14)20-18(22-17)15-5-3-11-24-15/h2-11H,1H3/q+1. The van der Waals surface area contributed by atoms with Crippen molar-refractivity contribution in [2.24, 2.45) is 0 Å². The average molecular weight is 353 g/mol. The van der Waals surface area contributed by atoms with E-state index >= 15 is 0 Å². The smallest absolute Gasteiger partial charge is 0.474 e. The topological polar surface area (TPSA) is 46.3 Å². The number of benzene rings is 1. The lowest BCUT2D eigenvalue weighted by Gasteiger charge is -1.99. The van der Waals surface area contributed by atoms with Crippen LogP contribution in [0.1, 0.15) is 0 Å². The van der Waals surface area contributed by atoms with Gasteiger partial charge in [-0.1, -0.05) is 12.1 Å². The summed E-state index contributed by atoms with van der Waals surface area (Å²) in [4.78, 5) is 11.2. The Balaban J connectivity index is 1.86. The Morgan fingerprint density at radius 1 is 0.833 bits per heavy atom. The molecule has 0 aliphatic carbocycles. The van der Waals surface area contributed by atoms with Crippen LogP contribution >= 0.6 is 22.7 Å². The number of methoxy groups -OCH3 is 1. The zero-order valence-corrected chi connectivity index (χ0v) is 14.4. The van der Waals surface area contributed by atoms with Gasteiger partial charge >= 0.3 is 11.8 Å². The molecule has 0 aliphatic rings. The third kappa shape index (κ3) is 2.93. The van der Waals surface area contributed by atoms with Gasteiger partial charge in [0, 0.05) is 0 Å². The van der Waals surface area contributed by atoms with Crippen LogP contribution < -0.4 is 4.74 Å². The zero-order chi connectivity index (χ0) is 16.4. The first-order chi connectivity index (χ1) is 11.8. The van der Waals surface area contributed by atoms with Crippen molar-refractivity contribution in [3.63, 3.8) is 0 Å². The molecule has 4 rings (SSSR count). The Kier molecular flexibility index (Phi) is 4.06. The van der Waals surface area contributed by atoms with Crippen molar-refractivity contribution < 1.29 is 9.15 Å². The maximum Gasteiger partial charge on any atom is 0.474 e. The number of rotatable bonds is 4. The van der Waals surface area contributed by atoms with Gasteiger partial charge in [-0.15, -0.1) is 32.6 Å². The molecule has 118 valence electrons. The lowest BCUT2D eigenvalue weighted by molar-refractivity contribution is 0.415. The summed E-state index contributed by atoms with van der Waals surface area (Å²) in [6.45, 7) is 0. The molecule has 0 bridgehead atoms. The van der Waals surface area contributed by atoms with Crippen LogP contribution in [0.5, 0.6) is 5.75 Å². The first-order valence-corrected chi connectivity index (χ1v) is 9.04. The lowest BCUT2D eigenvalue weighted by Crippen LogP contribution is -1.94. The van der Waals surface area contributed by atoms with Gasteiger partial charge in [0.25, 0.3) is 0 Å². The molecule has 1 aromatic carbocycles. The molecular weight excluding hydrogens is 340 g/mol. The number of aromatic nitrogens is 2. The van der Waals surface area contributed by atoms with Crippen LogP contribution in [0, 0.1) is 0 Å². The Hall–Kier alpha value is -2.57. The summed E-state index contributed by atoms with van der Waals surface area (Å²) in [7, 11) is 1.65. The first kappa shape index (κ1) is 15.0. The molecule has 4 aromatic rings. The monoisotopic (exact) mass is 353 g/mol. The summed E-state index contributed by atoms with van der Waals surface area (Å²) in [5, 5.41) is 4.02. The fourth-order valence-corrected chi connectivity index (χ4v) is 3.54. The molecule has 0 atom stereocenters. The van der Waals surface area contributed by atoms with E-state index in [0.29, 0.717) is 17.6 Å². The summed E-state index contributed by atoms with van der Waals surface area (Å²) in [5.41, 5.74) is 0.883. The molecule has 0 saturated carbocycles. The first-order valence-electron chi connectivity index (χ1n) is 7.28. The van der Waals surface area contributed by atoms with Crippen LogP contribution in [0.2, 0.25) is 0 Å². The van der Waals surface area contributed by atoms with Gasteiger partial charge in [-0.2, -0.15) is 4.42 Å². The molecule has 0 amide bonds. The summed E-state index contributed by atoms with van der Waals surface area (Å²) < 4.78 is 11.2. The van der Waals surface area contributed by atoms with Gasteiger partial charge in [0.05, 0.1) is 12.0 Å². The molecule has 6 heteroatoms. The molecule has 0 aliphatic heterocycles. The fraction of sp³-hybridized carbons (Fsp3) is 0.0556.